The summed E-state index contributed by atoms with van der Waals surface area (Å²) in [6, 6.07) is 13.5. The standard InChI is InChI=1S/C17H20N2O3S/c1-4-13-6-5-7-15(12-13)18-17(20)14-8-10-16(11-9-14)23(21,22)19(2)3/h5-12H,4H2,1-3H3,(H,18,20). The van der Waals surface area contributed by atoms with Crippen molar-refractivity contribution in [1.82, 2.24) is 4.31 Å². The number of nitrogens with one attached hydrogen (secondary N) is 1. The molecule has 0 saturated heterocycles. The Morgan fingerprint density at radius 2 is 1.74 bits per heavy atom. The van der Waals surface area contributed by atoms with Gasteiger partial charge in [-0.2, -0.15) is 0 Å². The monoisotopic (exact) mass is 332 g/mol. The van der Waals surface area contributed by atoms with Crippen LogP contribution in [0.4, 0.5) is 5.69 Å². The number of anilines is 1. The summed E-state index contributed by atoms with van der Waals surface area (Å²) in [4.78, 5) is 12.4. The second kappa shape index (κ2) is 6.93. The first-order valence-electron chi connectivity index (χ1n) is 7.27. The topological polar surface area (TPSA) is 66.5 Å². The van der Waals surface area contributed by atoms with E-state index >= 15 is 0 Å². The maximum Gasteiger partial charge on any atom is 0.255 e. The van der Waals surface area contributed by atoms with Gasteiger partial charge in [0.1, 0.15) is 0 Å². The van der Waals surface area contributed by atoms with E-state index in [0.717, 1.165) is 22.0 Å². The van der Waals surface area contributed by atoms with Crippen molar-refractivity contribution >= 4 is 21.6 Å². The highest BCUT2D eigenvalue weighted by molar-refractivity contribution is 7.89. The lowest BCUT2D eigenvalue weighted by Crippen LogP contribution is -2.22. The van der Waals surface area contributed by atoms with E-state index in [-0.39, 0.29) is 10.8 Å². The zero-order valence-electron chi connectivity index (χ0n) is 13.4. The molecule has 6 heteroatoms. The summed E-state index contributed by atoms with van der Waals surface area (Å²) in [5.41, 5.74) is 2.26. The molecule has 122 valence electrons. The van der Waals surface area contributed by atoms with Gasteiger partial charge >= 0.3 is 0 Å². The van der Waals surface area contributed by atoms with Gasteiger partial charge < -0.3 is 5.32 Å². The molecule has 0 aromatic heterocycles. The molecule has 0 aliphatic carbocycles. The molecule has 0 aliphatic heterocycles. The maximum atomic E-state index is 12.2. The van der Waals surface area contributed by atoms with Crippen molar-refractivity contribution in [3.63, 3.8) is 0 Å². The molecule has 0 aliphatic rings. The second-order valence-corrected chi connectivity index (χ2v) is 7.47. The van der Waals surface area contributed by atoms with Gasteiger partial charge in [0.05, 0.1) is 4.90 Å². The summed E-state index contributed by atoms with van der Waals surface area (Å²) in [5, 5.41) is 2.82. The van der Waals surface area contributed by atoms with Crippen LogP contribution < -0.4 is 5.32 Å². The van der Waals surface area contributed by atoms with Crippen molar-refractivity contribution < 1.29 is 13.2 Å². The van der Waals surface area contributed by atoms with Gasteiger partial charge in [-0.25, -0.2) is 12.7 Å². The number of carbonyl (C=O) groups is 1. The first kappa shape index (κ1) is 17.2. The quantitative estimate of drug-likeness (QED) is 0.915. The molecule has 2 rings (SSSR count). The Kier molecular flexibility index (Phi) is 5.18. The molecule has 1 N–H and O–H groups in total. The predicted octanol–water partition coefficient (Wildman–Crippen LogP) is 2.75. The highest BCUT2D eigenvalue weighted by Gasteiger charge is 2.17. The number of carbonyl (C=O) groups excluding carboxylic acids is 1. The SMILES string of the molecule is CCc1cccc(NC(=O)c2ccc(S(=O)(=O)N(C)C)cc2)c1. The third kappa shape index (κ3) is 3.97. The van der Waals surface area contributed by atoms with E-state index in [0.29, 0.717) is 5.56 Å². The number of aryl methyl sites for hydroxylation is 1. The summed E-state index contributed by atoms with van der Waals surface area (Å²) in [7, 11) is -0.548. The van der Waals surface area contributed by atoms with E-state index in [2.05, 4.69) is 5.32 Å². The van der Waals surface area contributed by atoms with Gasteiger partial charge in [0.25, 0.3) is 5.91 Å². The summed E-state index contributed by atoms with van der Waals surface area (Å²) in [6.45, 7) is 2.05. The van der Waals surface area contributed by atoms with Gasteiger partial charge in [-0.1, -0.05) is 19.1 Å². The van der Waals surface area contributed by atoms with Gasteiger partial charge in [0, 0.05) is 25.3 Å². The van der Waals surface area contributed by atoms with Crippen molar-refractivity contribution in [2.75, 3.05) is 19.4 Å². The molecule has 0 heterocycles. The van der Waals surface area contributed by atoms with E-state index in [1.54, 1.807) is 0 Å². The lowest BCUT2D eigenvalue weighted by Gasteiger charge is -2.12. The van der Waals surface area contributed by atoms with E-state index in [1.165, 1.54) is 38.4 Å². The molecule has 2 aromatic rings. The lowest BCUT2D eigenvalue weighted by atomic mass is 10.1. The fraction of sp³-hybridized carbons (Fsp3) is 0.235. The summed E-state index contributed by atoms with van der Waals surface area (Å²) >= 11 is 0. The van der Waals surface area contributed by atoms with Crippen LogP contribution in [0.25, 0.3) is 0 Å². The minimum absolute atomic E-state index is 0.159. The summed E-state index contributed by atoms with van der Waals surface area (Å²) in [5.74, 6) is -0.271. The zero-order valence-corrected chi connectivity index (χ0v) is 14.2. The van der Waals surface area contributed by atoms with Crippen molar-refractivity contribution in [2.24, 2.45) is 0 Å². The van der Waals surface area contributed by atoms with E-state index < -0.39 is 10.0 Å². The number of rotatable bonds is 5. The van der Waals surface area contributed by atoms with Crippen LogP contribution in [0.2, 0.25) is 0 Å². The maximum absolute atomic E-state index is 12.2. The molecule has 23 heavy (non-hydrogen) atoms. The Morgan fingerprint density at radius 3 is 2.30 bits per heavy atom. The number of amides is 1. The minimum Gasteiger partial charge on any atom is -0.322 e. The number of sulfonamides is 1. The van der Waals surface area contributed by atoms with Crippen molar-refractivity contribution in [3.05, 3.63) is 59.7 Å². The Hall–Kier alpha value is -2.18. The number of hydrogen-bond acceptors (Lipinski definition) is 3. The van der Waals surface area contributed by atoms with Gasteiger partial charge in [-0.15, -0.1) is 0 Å². The van der Waals surface area contributed by atoms with Gasteiger partial charge in [-0.05, 0) is 48.4 Å². The lowest BCUT2D eigenvalue weighted by molar-refractivity contribution is 0.102. The molecular formula is C17H20N2O3S. The van der Waals surface area contributed by atoms with E-state index in [9.17, 15) is 13.2 Å². The average molecular weight is 332 g/mol. The Balaban J connectivity index is 2.17. The van der Waals surface area contributed by atoms with Gasteiger partial charge in [-0.3, -0.25) is 4.79 Å². The van der Waals surface area contributed by atoms with Crippen LogP contribution in [-0.4, -0.2) is 32.7 Å². The Morgan fingerprint density at radius 1 is 1.09 bits per heavy atom. The van der Waals surface area contributed by atoms with Crippen LogP contribution in [0.5, 0.6) is 0 Å². The third-order valence-corrected chi connectivity index (χ3v) is 5.32. The average Bonchev–Trinajstić information content (AvgIpc) is 2.55. The molecule has 0 spiro atoms. The smallest absolute Gasteiger partial charge is 0.255 e. The fourth-order valence-electron chi connectivity index (χ4n) is 2.06. The number of nitrogens with zero attached hydrogens (tertiary/aromatic N) is 1. The predicted molar refractivity (Wildman–Crippen MR) is 91.1 cm³/mol. The molecule has 0 radical (unpaired) electrons. The molecule has 2 aromatic carbocycles. The normalized spacial score (nSPS) is 11.5. The molecule has 5 nitrogen and oxygen atoms in total. The van der Waals surface area contributed by atoms with Crippen LogP contribution in [-0.2, 0) is 16.4 Å². The first-order chi connectivity index (χ1) is 10.8. The second-order valence-electron chi connectivity index (χ2n) is 5.32. The summed E-state index contributed by atoms with van der Waals surface area (Å²) in [6.07, 6.45) is 0.890. The molecule has 0 atom stereocenters. The minimum atomic E-state index is -3.49. The van der Waals surface area contributed by atoms with Crippen molar-refractivity contribution in [2.45, 2.75) is 18.2 Å². The number of benzene rings is 2. The van der Waals surface area contributed by atoms with Crippen LogP contribution >= 0.6 is 0 Å². The van der Waals surface area contributed by atoms with Crippen LogP contribution in [0.15, 0.2) is 53.4 Å². The van der Waals surface area contributed by atoms with Gasteiger partial charge in [0.15, 0.2) is 0 Å². The van der Waals surface area contributed by atoms with Crippen LogP contribution in [0.1, 0.15) is 22.8 Å². The van der Waals surface area contributed by atoms with Crippen LogP contribution in [0, 0.1) is 0 Å². The fourth-order valence-corrected chi connectivity index (χ4v) is 2.96. The molecule has 0 bridgehead atoms. The Bertz CT molecular complexity index is 797. The molecule has 0 saturated carbocycles. The highest BCUT2D eigenvalue weighted by atomic mass is 32.2. The molecule has 1 amide bonds. The highest BCUT2D eigenvalue weighted by Crippen LogP contribution is 2.16. The van der Waals surface area contributed by atoms with E-state index in [1.807, 2.05) is 31.2 Å². The van der Waals surface area contributed by atoms with Gasteiger partial charge in [0.2, 0.25) is 10.0 Å². The Labute approximate surface area is 137 Å². The molecule has 0 fully saturated rings. The van der Waals surface area contributed by atoms with Crippen molar-refractivity contribution in [1.29, 1.82) is 0 Å². The summed E-state index contributed by atoms with van der Waals surface area (Å²) < 4.78 is 25.1. The third-order valence-electron chi connectivity index (χ3n) is 3.49. The number of hydrogen-bond donors (Lipinski definition) is 1. The molecular weight excluding hydrogens is 312 g/mol. The first-order valence-corrected chi connectivity index (χ1v) is 8.71. The zero-order chi connectivity index (χ0) is 17.0. The molecule has 0 unspecified atom stereocenters. The largest absolute Gasteiger partial charge is 0.322 e. The van der Waals surface area contributed by atoms with Crippen molar-refractivity contribution in [3.8, 4) is 0 Å². The van der Waals surface area contributed by atoms with E-state index in [4.69, 9.17) is 0 Å². The van der Waals surface area contributed by atoms with Crippen LogP contribution in [0.3, 0.4) is 0 Å².